The predicted octanol–water partition coefficient (Wildman–Crippen LogP) is 5.22. The van der Waals surface area contributed by atoms with Crippen LogP contribution in [0, 0.1) is 13.8 Å². The van der Waals surface area contributed by atoms with Gasteiger partial charge in [0.25, 0.3) is 0 Å². The van der Waals surface area contributed by atoms with Crippen LogP contribution in [0.25, 0.3) is 22.1 Å². The molecule has 0 bridgehead atoms. The Labute approximate surface area is 186 Å². The number of halogens is 1. The van der Waals surface area contributed by atoms with E-state index in [1.54, 1.807) is 4.68 Å². The minimum Gasteiger partial charge on any atom is -0.457 e. The topological polar surface area (TPSA) is 90.6 Å². The van der Waals surface area contributed by atoms with Gasteiger partial charge >= 0.3 is 0 Å². The van der Waals surface area contributed by atoms with E-state index >= 15 is 0 Å². The Kier molecular flexibility index (Phi) is 4.74. The zero-order valence-corrected chi connectivity index (χ0v) is 18.7. The lowest BCUT2D eigenvalue weighted by Gasteiger charge is -2.12. The summed E-state index contributed by atoms with van der Waals surface area (Å²) in [4.78, 5) is 13.3. The number of nitrogens with zero attached hydrogens (tertiary/aromatic N) is 6. The number of anilines is 2. The van der Waals surface area contributed by atoms with Crippen LogP contribution in [0.4, 0.5) is 11.5 Å². The van der Waals surface area contributed by atoms with Crippen LogP contribution in [-0.2, 0) is 7.05 Å². The van der Waals surface area contributed by atoms with E-state index in [0.717, 1.165) is 43.7 Å². The van der Waals surface area contributed by atoms with E-state index in [0.29, 0.717) is 17.1 Å². The van der Waals surface area contributed by atoms with Crippen molar-refractivity contribution in [1.29, 1.82) is 0 Å². The van der Waals surface area contributed by atoms with E-state index in [4.69, 9.17) is 4.74 Å². The molecule has 0 amide bonds. The van der Waals surface area contributed by atoms with Gasteiger partial charge in [-0.05, 0) is 77.3 Å². The van der Waals surface area contributed by atoms with Crippen molar-refractivity contribution in [3.05, 3.63) is 64.5 Å². The molecule has 154 valence electrons. The molecule has 0 saturated carbocycles. The molecule has 9 heteroatoms. The highest BCUT2D eigenvalue weighted by molar-refractivity contribution is 9.10. The Morgan fingerprint density at radius 1 is 0.968 bits per heavy atom. The van der Waals surface area contributed by atoms with Crippen LogP contribution in [0.1, 0.15) is 11.1 Å². The Hall–Kier alpha value is -3.59. The summed E-state index contributed by atoms with van der Waals surface area (Å²) in [6, 6.07) is 13.6. The number of hydrogen-bond acceptors (Lipinski definition) is 7. The van der Waals surface area contributed by atoms with Gasteiger partial charge in [0.2, 0.25) is 0 Å². The fraction of sp³-hybridized carbons (Fsp3) is 0.136. The molecule has 5 rings (SSSR count). The summed E-state index contributed by atoms with van der Waals surface area (Å²) >= 11 is 3.48. The quantitative estimate of drug-likeness (QED) is 0.356. The van der Waals surface area contributed by atoms with Gasteiger partial charge in [-0.15, -0.1) is 5.10 Å². The Bertz CT molecular complexity index is 1450. The lowest BCUT2D eigenvalue weighted by Crippen LogP contribution is -1.99. The molecule has 0 fully saturated rings. The zero-order chi connectivity index (χ0) is 21.5. The number of benzene rings is 2. The number of nitrogens with one attached hydrogen (secondary N) is 1. The van der Waals surface area contributed by atoms with E-state index in [-0.39, 0.29) is 0 Å². The first kappa shape index (κ1) is 19.4. The number of rotatable bonds is 4. The summed E-state index contributed by atoms with van der Waals surface area (Å²) in [6.45, 7) is 3.98. The van der Waals surface area contributed by atoms with Gasteiger partial charge < -0.3 is 10.1 Å². The van der Waals surface area contributed by atoms with Crippen LogP contribution in [-0.4, -0.2) is 29.9 Å². The molecule has 5 aromatic rings. The van der Waals surface area contributed by atoms with E-state index in [2.05, 4.69) is 46.5 Å². The molecule has 3 aromatic heterocycles. The van der Waals surface area contributed by atoms with Crippen molar-refractivity contribution in [3.8, 4) is 11.5 Å². The highest BCUT2D eigenvalue weighted by Crippen LogP contribution is 2.31. The van der Waals surface area contributed by atoms with Crippen molar-refractivity contribution in [2.24, 2.45) is 7.05 Å². The summed E-state index contributed by atoms with van der Waals surface area (Å²) < 4.78 is 8.59. The number of aryl methyl sites for hydroxylation is 3. The van der Waals surface area contributed by atoms with Crippen LogP contribution in [0.2, 0.25) is 0 Å². The average Bonchev–Trinajstić information content (AvgIpc) is 3.12. The van der Waals surface area contributed by atoms with Gasteiger partial charge in [-0.3, -0.25) is 0 Å². The first-order chi connectivity index (χ1) is 15.0. The number of ether oxygens (including phenoxy) is 1. The second kappa shape index (κ2) is 7.59. The van der Waals surface area contributed by atoms with Crippen LogP contribution < -0.4 is 10.1 Å². The Morgan fingerprint density at radius 2 is 1.84 bits per heavy atom. The maximum Gasteiger partial charge on any atom is 0.160 e. The molecular weight excluding hydrogens is 458 g/mol. The average molecular weight is 476 g/mol. The smallest absolute Gasteiger partial charge is 0.160 e. The third kappa shape index (κ3) is 3.68. The standard InChI is InChI=1S/C22H18BrN7O/c1-12-8-14(26-22-20-17(24-11-25-22)9-13(2)21(23)27-20)4-7-19(12)31-15-5-6-18-16(10-15)28-29-30(18)3/h4-11H,1-3H3,(H,24,25,26). The molecular formula is C22H18BrN7O. The molecule has 0 aliphatic heterocycles. The van der Waals surface area contributed by atoms with Crippen LogP contribution in [0.15, 0.2) is 53.4 Å². The number of aromatic nitrogens is 6. The maximum atomic E-state index is 6.08. The van der Waals surface area contributed by atoms with Crippen LogP contribution in [0.3, 0.4) is 0 Å². The highest BCUT2D eigenvalue weighted by Gasteiger charge is 2.10. The second-order valence-corrected chi connectivity index (χ2v) is 8.01. The minimum absolute atomic E-state index is 0.645. The number of fused-ring (bicyclic) bond motifs is 2. The summed E-state index contributed by atoms with van der Waals surface area (Å²) in [6.07, 6.45) is 1.53. The fourth-order valence-corrected chi connectivity index (χ4v) is 3.63. The number of hydrogen-bond donors (Lipinski definition) is 1. The van der Waals surface area contributed by atoms with Crippen molar-refractivity contribution in [2.45, 2.75) is 13.8 Å². The molecule has 0 unspecified atom stereocenters. The second-order valence-electron chi connectivity index (χ2n) is 7.26. The van der Waals surface area contributed by atoms with Gasteiger partial charge in [0.05, 0.1) is 11.0 Å². The van der Waals surface area contributed by atoms with Crippen molar-refractivity contribution >= 4 is 49.5 Å². The van der Waals surface area contributed by atoms with Gasteiger partial charge in [0, 0.05) is 18.8 Å². The summed E-state index contributed by atoms with van der Waals surface area (Å²) in [5.41, 5.74) is 6.12. The molecule has 8 nitrogen and oxygen atoms in total. The van der Waals surface area contributed by atoms with Crippen molar-refractivity contribution in [2.75, 3.05) is 5.32 Å². The fourth-order valence-electron chi connectivity index (χ4n) is 3.34. The summed E-state index contributed by atoms with van der Waals surface area (Å²) in [7, 11) is 1.86. The summed E-state index contributed by atoms with van der Waals surface area (Å²) in [5, 5.41) is 11.5. The van der Waals surface area contributed by atoms with E-state index in [1.807, 2.05) is 63.4 Å². The van der Waals surface area contributed by atoms with Gasteiger partial charge in [-0.2, -0.15) is 0 Å². The molecule has 0 atom stereocenters. The Balaban J connectivity index is 1.41. The van der Waals surface area contributed by atoms with Crippen molar-refractivity contribution < 1.29 is 4.74 Å². The first-order valence-electron chi connectivity index (χ1n) is 9.61. The molecule has 2 aromatic carbocycles. The SMILES string of the molecule is Cc1cc(Nc2ncnc3cc(C)c(Br)nc23)ccc1Oc1ccc2c(c1)nnn2C. The lowest BCUT2D eigenvalue weighted by atomic mass is 10.2. The highest BCUT2D eigenvalue weighted by atomic mass is 79.9. The molecule has 31 heavy (non-hydrogen) atoms. The largest absolute Gasteiger partial charge is 0.457 e. The van der Waals surface area contributed by atoms with Crippen LogP contribution in [0.5, 0.6) is 11.5 Å². The molecule has 0 aliphatic carbocycles. The third-order valence-corrected chi connectivity index (χ3v) is 5.79. The molecule has 0 radical (unpaired) electrons. The summed E-state index contributed by atoms with van der Waals surface area (Å²) in [5.74, 6) is 2.12. The van der Waals surface area contributed by atoms with E-state index in [1.165, 1.54) is 6.33 Å². The van der Waals surface area contributed by atoms with Gasteiger partial charge in [-0.25, -0.2) is 19.6 Å². The maximum absolute atomic E-state index is 6.08. The van der Waals surface area contributed by atoms with E-state index in [9.17, 15) is 0 Å². The normalized spacial score (nSPS) is 11.2. The zero-order valence-electron chi connectivity index (χ0n) is 17.1. The van der Waals surface area contributed by atoms with Gasteiger partial charge in [0.1, 0.15) is 33.5 Å². The molecule has 0 aliphatic rings. The molecule has 3 heterocycles. The van der Waals surface area contributed by atoms with Crippen LogP contribution >= 0.6 is 15.9 Å². The van der Waals surface area contributed by atoms with Crippen molar-refractivity contribution in [3.63, 3.8) is 0 Å². The molecule has 0 saturated heterocycles. The van der Waals surface area contributed by atoms with Crippen molar-refractivity contribution in [1.82, 2.24) is 29.9 Å². The van der Waals surface area contributed by atoms with Gasteiger partial charge in [0.15, 0.2) is 5.82 Å². The van der Waals surface area contributed by atoms with E-state index < -0.39 is 0 Å². The monoisotopic (exact) mass is 475 g/mol. The molecule has 0 spiro atoms. The van der Waals surface area contributed by atoms with Gasteiger partial charge in [-0.1, -0.05) is 5.21 Å². The predicted molar refractivity (Wildman–Crippen MR) is 123 cm³/mol. The first-order valence-corrected chi connectivity index (χ1v) is 10.4. The third-order valence-electron chi connectivity index (χ3n) is 4.99. The minimum atomic E-state index is 0.645. The molecule has 1 N–H and O–H groups in total. The number of pyridine rings is 1. The lowest BCUT2D eigenvalue weighted by molar-refractivity contribution is 0.479. The Morgan fingerprint density at radius 3 is 2.68 bits per heavy atom.